The van der Waals surface area contributed by atoms with Crippen LogP contribution in [0.4, 0.5) is 11.6 Å². The minimum atomic E-state index is 0.349. The van der Waals surface area contributed by atoms with E-state index in [-0.39, 0.29) is 0 Å². The highest BCUT2D eigenvalue weighted by Crippen LogP contribution is 2.18. The molecule has 0 aliphatic heterocycles. The van der Waals surface area contributed by atoms with Crippen molar-refractivity contribution in [2.45, 2.75) is 26.7 Å². The molecule has 1 aromatic rings. The summed E-state index contributed by atoms with van der Waals surface area (Å²) in [7, 11) is 3.98. The lowest BCUT2D eigenvalue weighted by Gasteiger charge is -2.15. The van der Waals surface area contributed by atoms with E-state index in [4.69, 9.17) is 0 Å². The molecule has 4 nitrogen and oxygen atoms in total. The second-order valence-electron chi connectivity index (χ2n) is 4.05. The van der Waals surface area contributed by atoms with Gasteiger partial charge in [-0.3, -0.25) is 0 Å². The molecule has 0 amide bonds. The summed E-state index contributed by atoms with van der Waals surface area (Å²) in [6.45, 7) is 7.14. The molecule has 0 radical (unpaired) electrons. The molecule has 0 bridgehead atoms. The van der Waals surface area contributed by atoms with Crippen LogP contribution in [0.25, 0.3) is 0 Å². The largest absolute Gasteiger partial charge is 0.370 e. The van der Waals surface area contributed by atoms with E-state index in [9.17, 15) is 0 Å². The number of hydrogen-bond donors (Lipinski definition) is 1. The summed E-state index contributed by atoms with van der Waals surface area (Å²) in [6, 6.07) is 1.97. The lowest BCUT2D eigenvalue weighted by molar-refractivity contribution is 0.771. The maximum atomic E-state index is 4.49. The zero-order valence-electron chi connectivity index (χ0n) is 10.2. The summed E-state index contributed by atoms with van der Waals surface area (Å²) >= 11 is 0. The first-order valence-electron chi connectivity index (χ1n) is 5.34. The molecule has 1 aromatic heterocycles. The molecule has 0 unspecified atom stereocenters. The molecule has 84 valence electrons. The average Bonchev–Trinajstić information content (AvgIpc) is 2.17. The fourth-order valence-electron chi connectivity index (χ4n) is 1.21. The molecule has 0 spiro atoms. The van der Waals surface area contributed by atoms with E-state index in [1.807, 2.05) is 25.1 Å². The van der Waals surface area contributed by atoms with E-state index in [2.05, 4.69) is 36.1 Å². The zero-order chi connectivity index (χ0) is 11.4. The highest BCUT2D eigenvalue weighted by atomic mass is 15.2. The van der Waals surface area contributed by atoms with Gasteiger partial charge in [0, 0.05) is 32.6 Å². The third kappa shape index (κ3) is 3.08. The van der Waals surface area contributed by atoms with Crippen LogP contribution >= 0.6 is 0 Å². The van der Waals surface area contributed by atoms with Crippen LogP contribution in [0.1, 0.15) is 32.5 Å². The summed E-state index contributed by atoms with van der Waals surface area (Å²) in [4.78, 5) is 10.9. The first kappa shape index (κ1) is 11.8. The van der Waals surface area contributed by atoms with Gasteiger partial charge in [0.15, 0.2) is 0 Å². The number of nitrogens with one attached hydrogen (secondary N) is 1. The Kier molecular flexibility index (Phi) is 3.88. The topological polar surface area (TPSA) is 41.0 Å². The van der Waals surface area contributed by atoms with Crippen LogP contribution in [0, 0.1) is 0 Å². The lowest BCUT2D eigenvalue weighted by atomic mass is 10.2. The molecule has 0 saturated heterocycles. The maximum Gasteiger partial charge on any atom is 0.135 e. The standard InChI is InChI=1S/C11H20N4/c1-6-12-9-7-10(15(4)5)14-11(13-9)8(2)3/h7-8H,6H2,1-5H3,(H,12,13,14). The van der Waals surface area contributed by atoms with Gasteiger partial charge in [-0.25, -0.2) is 9.97 Å². The van der Waals surface area contributed by atoms with Gasteiger partial charge in [-0.2, -0.15) is 0 Å². The molecule has 0 atom stereocenters. The van der Waals surface area contributed by atoms with Crippen molar-refractivity contribution in [3.05, 3.63) is 11.9 Å². The Morgan fingerprint density at radius 2 is 2.00 bits per heavy atom. The smallest absolute Gasteiger partial charge is 0.135 e. The van der Waals surface area contributed by atoms with Crippen molar-refractivity contribution in [1.82, 2.24) is 9.97 Å². The van der Waals surface area contributed by atoms with Crippen LogP contribution in [0.2, 0.25) is 0 Å². The monoisotopic (exact) mass is 208 g/mol. The molecule has 0 aromatic carbocycles. The molecule has 0 fully saturated rings. The van der Waals surface area contributed by atoms with Gasteiger partial charge in [0.2, 0.25) is 0 Å². The third-order valence-corrected chi connectivity index (χ3v) is 2.06. The second kappa shape index (κ2) is 4.96. The van der Waals surface area contributed by atoms with E-state index in [0.29, 0.717) is 5.92 Å². The van der Waals surface area contributed by atoms with E-state index >= 15 is 0 Å². The third-order valence-electron chi connectivity index (χ3n) is 2.06. The summed E-state index contributed by atoms with van der Waals surface area (Å²) in [6.07, 6.45) is 0. The predicted molar refractivity (Wildman–Crippen MR) is 64.6 cm³/mol. The molecular formula is C11H20N4. The summed E-state index contributed by atoms with van der Waals surface area (Å²) in [5.74, 6) is 3.09. The van der Waals surface area contributed by atoms with Crippen LogP contribution in [0.3, 0.4) is 0 Å². The quantitative estimate of drug-likeness (QED) is 0.822. The van der Waals surface area contributed by atoms with Crippen LogP contribution in [0.15, 0.2) is 6.07 Å². The van der Waals surface area contributed by atoms with Gasteiger partial charge in [0.1, 0.15) is 17.5 Å². The first-order chi connectivity index (χ1) is 7.04. The molecule has 1 rings (SSSR count). The molecule has 15 heavy (non-hydrogen) atoms. The molecule has 0 saturated carbocycles. The van der Waals surface area contributed by atoms with Crippen LogP contribution in [0.5, 0.6) is 0 Å². The fraction of sp³-hybridized carbons (Fsp3) is 0.636. The molecule has 4 heteroatoms. The number of anilines is 2. The number of hydrogen-bond acceptors (Lipinski definition) is 4. The van der Waals surface area contributed by atoms with Gasteiger partial charge < -0.3 is 10.2 Å². The molecular weight excluding hydrogens is 188 g/mol. The maximum absolute atomic E-state index is 4.49. The molecule has 1 N–H and O–H groups in total. The summed E-state index contributed by atoms with van der Waals surface area (Å²) in [5, 5.41) is 3.22. The van der Waals surface area contributed by atoms with Gasteiger partial charge in [-0.15, -0.1) is 0 Å². The van der Waals surface area contributed by atoms with E-state index < -0.39 is 0 Å². The first-order valence-corrected chi connectivity index (χ1v) is 5.34. The summed E-state index contributed by atoms with van der Waals surface area (Å²) in [5.41, 5.74) is 0. The number of aromatic nitrogens is 2. The molecule has 0 aliphatic rings. The van der Waals surface area contributed by atoms with Crippen molar-refractivity contribution in [3.8, 4) is 0 Å². The van der Waals surface area contributed by atoms with Crippen molar-refractivity contribution in [3.63, 3.8) is 0 Å². The van der Waals surface area contributed by atoms with E-state index in [0.717, 1.165) is 24.0 Å². The molecule has 0 aliphatic carbocycles. The van der Waals surface area contributed by atoms with Crippen molar-refractivity contribution in [2.75, 3.05) is 30.9 Å². The Hall–Kier alpha value is -1.32. The van der Waals surface area contributed by atoms with Crippen molar-refractivity contribution >= 4 is 11.6 Å². The minimum Gasteiger partial charge on any atom is -0.370 e. The fourth-order valence-corrected chi connectivity index (χ4v) is 1.21. The highest BCUT2D eigenvalue weighted by molar-refractivity contribution is 5.48. The van der Waals surface area contributed by atoms with Crippen molar-refractivity contribution in [2.24, 2.45) is 0 Å². The zero-order valence-corrected chi connectivity index (χ0v) is 10.2. The highest BCUT2D eigenvalue weighted by Gasteiger charge is 2.08. The van der Waals surface area contributed by atoms with Crippen molar-refractivity contribution in [1.29, 1.82) is 0 Å². The Morgan fingerprint density at radius 1 is 1.33 bits per heavy atom. The number of rotatable bonds is 4. The van der Waals surface area contributed by atoms with Gasteiger partial charge in [0.25, 0.3) is 0 Å². The lowest BCUT2D eigenvalue weighted by Crippen LogP contribution is -2.14. The van der Waals surface area contributed by atoms with E-state index in [1.54, 1.807) is 0 Å². The number of nitrogens with zero attached hydrogens (tertiary/aromatic N) is 3. The normalized spacial score (nSPS) is 10.5. The Morgan fingerprint density at radius 3 is 2.47 bits per heavy atom. The Balaban J connectivity index is 3.08. The van der Waals surface area contributed by atoms with Crippen molar-refractivity contribution < 1.29 is 0 Å². The van der Waals surface area contributed by atoms with Crippen LogP contribution in [-0.2, 0) is 0 Å². The van der Waals surface area contributed by atoms with Gasteiger partial charge in [-0.1, -0.05) is 13.8 Å². The minimum absolute atomic E-state index is 0.349. The van der Waals surface area contributed by atoms with Gasteiger partial charge in [-0.05, 0) is 6.92 Å². The molecule has 1 heterocycles. The second-order valence-corrected chi connectivity index (χ2v) is 4.05. The SMILES string of the molecule is CCNc1cc(N(C)C)nc(C(C)C)n1. The van der Waals surface area contributed by atoms with Gasteiger partial charge >= 0.3 is 0 Å². The van der Waals surface area contributed by atoms with Crippen LogP contribution in [-0.4, -0.2) is 30.6 Å². The Bertz CT molecular complexity index is 294. The van der Waals surface area contributed by atoms with Crippen LogP contribution < -0.4 is 10.2 Å². The predicted octanol–water partition coefficient (Wildman–Crippen LogP) is 2.10. The average molecular weight is 208 g/mol. The van der Waals surface area contributed by atoms with E-state index in [1.165, 1.54) is 0 Å². The van der Waals surface area contributed by atoms with Gasteiger partial charge in [0.05, 0.1) is 0 Å². The summed E-state index contributed by atoms with van der Waals surface area (Å²) < 4.78 is 0. The Labute approximate surface area is 91.7 Å².